The highest BCUT2D eigenvalue weighted by molar-refractivity contribution is 7.80. The molecule has 1 saturated carbocycles. The maximum atomic E-state index is 4.27. The first kappa shape index (κ1) is 6.47. The van der Waals surface area contributed by atoms with Crippen molar-refractivity contribution in [3.8, 4) is 0 Å². The van der Waals surface area contributed by atoms with Crippen LogP contribution < -0.4 is 0 Å². The lowest BCUT2D eigenvalue weighted by Crippen LogP contribution is -2.34. The second-order valence-corrected chi connectivity index (χ2v) is 3.80. The first-order valence-electron chi connectivity index (χ1n) is 3.27. The van der Waals surface area contributed by atoms with Crippen LogP contribution in [0, 0.1) is 11.3 Å². The van der Waals surface area contributed by atoms with Crippen molar-refractivity contribution in [3.63, 3.8) is 0 Å². The molecule has 48 valence electrons. The third-order valence-electron chi connectivity index (χ3n) is 2.06. The number of thiol groups is 1. The average molecular weight is 130 g/mol. The van der Waals surface area contributed by atoms with Gasteiger partial charge < -0.3 is 0 Å². The van der Waals surface area contributed by atoms with Crippen LogP contribution in [0.5, 0.6) is 0 Å². The molecule has 0 aromatic heterocycles. The standard InChI is InChI=1S/C7H14S/c1-6-3-7(2,4-6)5-8/h6,8H,3-5H2,1-2H3. The van der Waals surface area contributed by atoms with Crippen molar-refractivity contribution in [2.45, 2.75) is 26.7 Å². The van der Waals surface area contributed by atoms with Crippen molar-refractivity contribution in [1.82, 2.24) is 0 Å². The van der Waals surface area contributed by atoms with E-state index in [9.17, 15) is 0 Å². The molecule has 0 unspecified atom stereocenters. The van der Waals surface area contributed by atoms with E-state index < -0.39 is 0 Å². The quantitative estimate of drug-likeness (QED) is 0.517. The summed E-state index contributed by atoms with van der Waals surface area (Å²) in [6.45, 7) is 4.63. The summed E-state index contributed by atoms with van der Waals surface area (Å²) in [5.41, 5.74) is 0.600. The van der Waals surface area contributed by atoms with Gasteiger partial charge >= 0.3 is 0 Å². The molecular formula is C7H14S. The number of rotatable bonds is 1. The summed E-state index contributed by atoms with van der Waals surface area (Å²) in [4.78, 5) is 0. The Morgan fingerprint density at radius 3 is 2.25 bits per heavy atom. The Kier molecular flexibility index (Phi) is 1.57. The van der Waals surface area contributed by atoms with E-state index in [2.05, 4.69) is 26.5 Å². The Morgan fingerprint density at radius 1 is 1.62 bits per heavy atom. The van der Waals surface area contributed by atoms with E-state index in [0.717, 1.165) is 11.7 Å². The maximum Gasteiger partial charge on any atom is -0.00436 e. The minimum absolute atomic E-state index is 0.600. The third-order valence-corrected chi connectivity index (χ3v) is 2.83. The average Bonchev–Trinajstić information content (AvgIpc) is 1.63. The Bertz CT molecular complexity index is 82.4. The summed E-state index contributed by atoms with van der Waals surface area (Å²) in [6, 6.07) is 0. The third kappa shape index (κ3) is 1.02. The SMILES string of the molecule is CC1CC(C)(CS)C1. The zero-order chi connectivity index (χ0) is 6.20. The summed E-state index contributed by atoms with van der Waals surface area (Å²) in [5.74, 6) is 2.03. The topological polar surface area (TPSA) is 0 Å². The van der Waals surface area contributed by atoms with Crippen molar-refractivity contribution >= 4 is 12.6 Å². The molecule has 0 aromatic rings. The molecule has 0 amide bonds. The van der Waals surface area contributed by atoms with Crippen LogP contribution in [-0.4, -0.2) is 5.75 Å². The fraction of sp³-hybridized carbons (Fsp3) is 1.00. The van der Waals surface area contributed by atoms with Crippen LogP contribution in [0.3, 0.4) is 0 Å². The molecule has 0 atom stereocenters. The molecule has 0 N–H and O–H groups in total. The molecule has 0 aromatic carbocycles. The van der Waals surface area contributed by atoms with Gasteiger partial charge in [0.2, 0.25) is 0 Å². The van der Waals surface area contributed by atoms with Crippen LogP contribution in [0.15, 0.2) is 0 Å². The van der Waals surface area contributed by atoms with Crippen LogP contribution in [0.4, 0.5) is 0 Å². The second kappa shape index (κ2) is 1.94. The van der Waals surface area contributed by atoms with Crippen LogP contribution in [0.1, 0.15) is 26.7 Å². The summed E-state index contributed by atoms with van der Waals surface area (Å²) in [7, 11) is 0. The zero-order valence-electron chi connectivity index (χ0n) is 5.65. The van der Waals surface area contributed by atoms with Gasteiger partial charge in [-0.3, -0.25) is 0 Å². The molecule has 0 aliphatic heterocycles. The summed E-state index contributed by atoms with van der Waals surface area (Å²) in [6.07, 6.45) is 2.77. The van der Waals surface area contributed by atoms with Gasteiger partial charge in [-0.25, -0.2) is 0 Å². The summed E-state index contributed by atoms with van der Waals surface area (Å²) < 4.78 is 0. The van der Waals surface area contributed by atoms with Gasteiger partial charge in [-0.15, -0.1) is 0 Å². The zero-order valence-corrected chi connectivity index (χ0v) is 6.54. The van der Waals surface area contributed by atoms with E-state index in [0.29, 0.717) is 5.41 Å². The van der Waals surface area contributed by atoms with E-state index >= 15 is 0 Å². The molecule has 0 spiro atoms. The normalized spacial score (nSPS) is 46.1. The molecule has 1 rings (SSSR count). The Morgan fingerprint density at radius 2 is 2.12 bits per heavy atom. The van der Waals surface area contributed by atoms with Crippen molar-refractivity contribution in [3.05, 3.63) is 0 Å². The van der Waals surface area contributed by atoms with Crippen molar-refractivity contribution in [2.75, 3.05) is 5.75 Å². The first-order chi connectivity index (χ1) is 3.66. The van der Waals surface area contributed by atoms with E-state index in [-0.39, 0.29) is 0 Å². The van der Waals surface area contributed by atoms with Gasteiger partial charge in [-0.05, 0) is 29.9 Å². The lowest BCUT2D eigenvalue weighted by molar-refractivity contribution is 0.117. The van der Waals surface area contributed by atoms with Crippen LogP contribution in [0.25, 0.3) is 0 Å². The summed E-state index contributed by atoms with van der Waals surface area (Å²) in [5, 5.41) is 0. The second-order valence-electron chi connectivity index (χ2n) is 3.48. The molecule has 0 saturated heterocycles. The van der Waals surface area contributed by atoms with Gasteiger partial charge in [0.05, 0.1) is 0 Å². The maximum absolute atomic E-state index is 4.27. The lowest BCUT2D eigenvalue weighted by atomic mass is 9.65. The fourth-order valence-electron chi connectivity index (χ4n) is 1.75. The molecule has 1 aliphatic carbocycles. The highest BCUT2D eigenvalue weighted by Crippen LogP contribution is 2.45. The van der Waals surface area contributed by atoms with Crippen LogP contribution >= 0.6 is 12.6 Å². The van der Waals surface area contributed by atoms with Gasteiger partial charge in [-0.2, -0.15) is 12.6 Å². The predicted octanol–water partition coefficient (Wildman–Crippen LogP) is 2.35. The van der Waals surface area contributed by atoms with Crippen molar-refractivity contribution < 1.29 is 0 Å². The van der Waals surface area contributed by atoms with Gasteiger partial charge in [0.1, 0.15) is 0 Å². The highest BCUT2D eigenvalue weighted by Gasteiger charge is 2.35. The van der Waals surface area contributed by atoms with E-state index in [1.807, 2.05) is 0 Å². The molecule has 0 radical (unpaired) electrons. The molecule has 0 nitrogen and oxygen atoms in total. The molecule has 8 heavy (non-hydrogen) atoms. The summed E-state index contributed by atoms with van der Waals surface area (Å²) >= 11 is 4.27. The molecular weight excluding hydrogens is 116 g/mol. The van der Waals surface area contributed by atoms with E-state index in [1.54, 1.807) is 0 Å². The lowest BCUT2D eigenvalue weighted by Gasteiger charge is -2.42. The molecule has 0 bridgehead atoms. The number of hydrogen-bond acceptors (Lipinski definition) is 1. The Labute approximate surface area is 57.1 Å². The minimum atomic E-state index is 0.600. The van der Waals surface area contributed by atoms with Crippen molar-refractivity contribution in [1.29, 1.82) is 0 Å². The van der Waals surface area contributed by atoms with Gasteiger partial charge in [0.25, 0.3) is 0 Å². The predicted molar refractivity (Wildman–Crippen MR) is 40.4 cm³/mol. The van der Waals surface area contributed by atoms with Crippen LogP contribution in [-0.2, 0) is 0 Å². The Balaban J connectivity index is 2.30. The Hall–Kier alpha value is 0.350. The molecule has 1 fully saturated rings. The van der Waals surface area contributed by atoms with Gasteiger partial charge in [-0.1, -0.05) is 13.8 Å². The first-order valence-corrected chi connectivity index (χ1v) is 3.90. The van der Waals surface area contributed by atoms with E-state index in [4.69, 9.17) is 0 Å². The smallest absolute Gasteiger partial charge is 0.00436 e. The van der Waals surface area contributed by atoms with Crippen LogP contribution in [0.2, 0.25) is 0 Å². The molecule has 0 heterocycles. The number of hydrogen-bond donors (Lipinski definition) is 1. The minimum Gasteiger partial charge on any atom is -0.179 e. The molecule has 1 aliphatic rings. The fourth-order valence-corrected chi connectivity index (χ4v) is 2.01. The van der Waals surface area contributed by atoms with Crippen molar-refractivity contribution in [2.24, 2.45) is 11.3 Å². The highest BCUT2D eigenvalue weighted by atomic mass is 32.1. The monoisotopic (exact) mass is 130 g/mol. The van der Waals surface area contributed by atoms with Gasteiger partial charge in [0, 0.05) is 0 Å². The van der Waals surface area contributed by atoms with E-state index in [1.165, 1.54) is 12.8 Å². The van der Waals surface area contributed by atoms with Gasteiger partial charge in [0.15, 0.2) is 0 Å². The largest absolute Gasteiger partial charge is 0.179 e. The molecule has 1 heteroatoms.